The van der Waals surface area contributed by atoms with Crippen LogP contribution in [0.2, 0.25) is 0 Å². The Kier molecular flexibility index (Phi) is 4.90. The topological polar surface area (TPSA) is 136 Å². The molecular weight excluding hydrogens is 320 g/mol. The maximum Gasteiger partial charge on any atom is 0.250 e. The van der Waals surface area contributed by atoms with Gasteiger partial charge in [0.15, 0.2) is 0 Å². The van der Waals surface area contributed by atoms with Crippen LogP contribution in [0.15, 0.2) is 18.2 Å². The van der Waals surface area contributed by atoms with Gasteiger partial charge in [-0.1, -0.05) is 0 Å². The fourth-order valence-electron chi connectivity index (χ4n) is 2.76. The zero-order valence-electron chi connectivity index (χ0n) is 12.8. The van der Waals surface area contributed by atoms with Gasteiger partial charge in [-0.25, -0.2) is 8.42 Å². The van der Waals surface area contributed by atoms with E-state index in [0.29, 0.717) is 25.9 Å². The molecule has 5 N–H and O–H groups in total. The Morgan fingerprint density at radius 1 is 1.17 bits per heavy atom. The first-order valence-electron chi connectivity index (χ1n) is 7.15. The molecule has 1 aromatic carbocycles. The first kappa shape index (κ1) is 17.2. The number of benzene rings is 1. The van der Waals surface area contributed by atoms with Crippen molar-refractivity contribution in [1.29, 1.82) is 0 Å². The second kappa shape index (κ2) is 6.55. The highest BCUT2D eigenvalue weighted by atomic mass is 32.2. The molecule has 1 saturated heterocycles. The molecule has 0 atom stereocenters. The third kappa shape index (κ3) is 3.80. The summed E-state index contributed by atoms with van der Waals surface area (Å²) in [7, 11) is -3.67. The summed E-state index contributed by atoms with van der Waals surface area (Å²) in [5.74, 6) is -1.47. The summed E-state index contributed by atoms with van der Waals surface area (Å²) < 4.78 is 25.8. The highest BCUT2D eigenvalue weighted by molar-refractivity contribution is 7.92. The molecule has 0 spiro atoms. The number of sulfonamides is 1. The molecule has 2 amide bonds. The number of hydrogen-bond donors (Lipinski definition) is 3. The first-order valence-corrected chi connectivity index (χ1v) is 9.00. The Balaban J connectivity index is 2.62. The zero-order chi connectivity index (χ0) is 17.2. The molecule has 0 saturated carbocycles. The number of nitrogens with zero attached hydrogens (tertiary/aromatic N) is 1. The number of anilines is 1. The molecular formula is C14H20N4O4S. The van der Waals surface area contributed by atoms with E-state index in [4.69, 9.17) is 11.5 Å². The van der Waals surface area contributed by atoms with Crippen molar-refractivity contribution < 1.29 is 18.0 Å². The van der Waals surface area contributed by atoms with Crippen molar-refractivity contribution in [2.45, 2.75) is 18.9 Å². The lowest BCUT2D eigenvalue weighted by Gasteiger charge is -2.35. The van der Waals surface area contributed by atoms with E-state index in [1.807, 2.05) is 0 Å². The van der Waals surface area contributed by atoms with Gasteiger partial charge >= 0.3 is 0 Å². The lowest BCUT2D eigenvalue weighted by molar-refractivity contribution is 0.0988. The largest absolute Gasteiger partial charge is 0.366 e. The van der Waals surface area contributed by atoms with Gasteiger partial charge in [-0.2, -0.15) is 0 Å². The second-order valence-electron chi connectivity index (χ2n) is 5.50. The Bertz CT molecular complexity index is 726. The number of amides is 2. The maximum absolute atomic E-state index is 12.3. The van der Waals surface area contributed by atoms with Gasteiger partial charge in [0.1, 0.15) is 0 Å². The van der Waals surface area contributed by atoms with Gasteiger partial charge in [0.2, 0.25) is 15.9 Å². The molecule has 1 aliphatic heterocycles. The van der Waals surface area contributed by atoms with Gasteiger partial charge in [-0.3, -0.25) is 13.9 Å². The summed E-state index contributed by atoms with van der Waals surface area (Å²) >= 11 is 0. The SMILES string of the molecule is CS(=O)(=O)N(c1cc(C(N)=O)ccc1C(N)=O)C1CCNCC1. The van der Waals surface area contributed by atoms with Crippen LogP contribution in [0.25, 0.3) is 0 Å². The molecule has 8 nitrogen and oxygen atoms in total. The molecule has 23 heavy (non-hydrogen) atoms. The molecule has 1 heterocycles. The molecule has 0 bridgehead atoms. The van der Waals surface area contributed by atoms with Crippen molar-refractivity contribution in [3.63, 3.8) is 0 Å². The van der Waals surface area contributed by atoms with E-state index in [0.717, 1.165) is 6.26 Å². The molecule has 0 aromatic heterocycles. The van der Waals surface area contributed by atoms with Crippen molar-refractivity contribution in [3.8, 4) is 0 Å². The van der Waals surface area contributed by atoms with Crippen molar-refractivity contribution >= 4 is 27.5 Å². The third-order valence-electron chi connectivity index (χ3n) is 3.78. The fourth-order valence-corrected chi connectivity index (χ4v) is 4.02. The van der Waals surface area contributed by atoms with Crippen LogP contribution < -0.4 is 21.1 Å². The number of primary amides is 2. The van der Waals surface area contributed by atoms with Crippen molar-refractivity contribution in [2.75, 3.05) is 23.7 Å². The van der Waals surface area contributed by atoms with E-state index in [1.165, 1.54) is 22.5 Å². The van der Waals surface area contributed by atoms with Gasteiger partial charge in [-0.05, 0) is 44.1 Å². The monoisotopic (exact) mass is 340 g/mol. The summed E-state index contributed by atoms with van der Waals surface area (Å²) in [6, 6.07) is 3.68. The van der Waals surface area contributed by atoms with Crippen LogP contribution in [0.3, 0.4) is 0 Å². The van der Waals surface area contributed by atoms with Crippen LogP contribution >= 0.6 is 0 Å². The number of nitrogens with one attached hydrogen (secondary N) is 1. The van der Waals surface area contributed by atoms with E-state index in [-0.39, 0.29) is 22.9 Å². The molecule has 1 fully saturated rings. The predicted molar refractivity (Wildman–Crippen MR) is 86.7 cm³/mol. The van der Waals surface area contributed by atoms with Gasteiger partial charge in [0.25, 0.3) is 5.91 Å². The Morgan fingerprint density at radius 3 is 2.26 bits per heavy atom. The fraction of sp³-hybridized carbons (Fsp3) is 0.429. The molecule has 1 aromatic rings. The maximum atomic E-state index is 12.3. The van der Waals surface area contributed by atoms with Crippen LogP contribution in [-0.4, -0.2) is 45.6 Å². The van der Waals surface area contributed by atoms with E-state index < -0.39 is 21.8 Å². The summed E-state index contributed by atoms with van der Waals surface area (Å²) in [6.45, 7) is 1.33. The van der Waals surface area contributed by atoms with Gasteiger partial charge in [-0.15, -0.1) is 0 Å². The van der Waals surface area contributed by atoms with Gasteiger partial charge < -0.3 is 16.8 Å². The second-order valence-corrected chi connectivity index (χ2v) is 7.36. The zero-order valence-corrected chi connectivity index (χ0v) is 13.6. The number of carbonyl (C=O) groups is 2. The molecule has 1 aliphatic rings. The van der Waals surface area contributed by atoms with Crippen LogP contribution in [0.5, 0.6) is 0 Å². The lowest BCUT2D eigenvalue weighted by Crippen LogP contribution is -2.46. The van der Waals surface area contributed by atoms with Crippen LogP contribution in [-0.2, 0) is 10.0 Å². The van der Waals surface area contributed by atoms with Crippen molar-refractivity contribution in [2.24, 2.45) is 11.5 Å². The molecule has 0 unspecified atom stereocenters. The number of carbonyl (C=O) groups excluding carboxylic acids is 2. The van der Waals surface area contributed by atoms with E-state index in [2.05, 4.69) is 5.32 Å². The number of hydrogen-bond acceptors (Lipinski definition) is 5. The third-order valence-corrected chi connectivity index (χ3v) is 4.99. The highest BCUT2D eigenvalue weighted by Gasteiger charge is 2.31. The smallest absolute Gasteiger partial charge is 0.250 e. The van der Waals surface area contributed by atoms with Gasteiger partial charge in [0, 0.05) is 11.6 Å². The average Bonchev–Trinajstić information content (AvgIpc) is 2.46. The number of piperidine rings is 1. The average molecular weight is 340 g/mol. The Morgan fingerprint density at radius 2 is 1.78 bits per heavy atom. The highest BCUT2D eigenvalue weighted by Crippen LogP contribution is 2.29. The minimum absolute atomic E-state index is 0.0407. The van der Waals surface area contributed by atoms with E-state index in [9.17, 15) is 18.0 Å². The first-order chi connectivity index (χ1) is 10.7. The van der Waals surface area contributed by atoms with Crippen LogP contribution in [0.1, 0.15) is 33.6 Å². The molecule has 2 rings (SSSR count). The van der Waals surface area contributed by atoms with Gasteiger partial charge in [0.05, 0.1) is 17.5 Å². The summed E-state index contributed by atoms with van der Waals surface area (Å²) in [4.78, 5) is 23.1. The number of nitrogens with two attached hydrogens (primary N) is 2. The summed E-state index contributed by atoms with van der Waals surface area (Å²) in [5.41, 5.74) is 10.9. The van der Waals surface area contributed by atoms with E-state index in [1.54, 1.807) is 0 Å². The van der Waals surface area contributed by atoms with Crippen molar-refractivity contribution in [1.82, 2.24) is 5.32 Å². The standard InChI is InChI=1S/C14H20N4O4S/c1-23(21,22)18(10-4-6-17-7-5-10)12-8-9(13(15)19)2-3-11(12)14(16)20/h2-3,8,10,17H,4-7H2,1H3,(H2,15,19)(H2,16,20). The predicted octanol–water partition coefficient (Wildman–Crippen LogP) is -0.598. The van der Waals surface area contributed by atoms with Crippen molar-refractivity contribution in [3.05, 3.63) is 29.3 Å². The molecule has 126 valence electrons. The quantitative estimate of drug-likeness (QED) is 0.658. The summed E-state index contributed by atoms with van der Waals surface area (Å²) in [5, 5.41) is 3.15. The normalized spacial score (nSPS) is 16.0. The molecule has 0 radical (unpaired) electrons. The van der Waals surface area contributed by atoms with E-state index >= 15 is 0 Å². The Hall–Kier alpha value is -2.13. The molecule has 0 aliphatic carbocycles. The summed E-state index contributed by atoms with van der Waals surface area (Å²) in [6.07, 6.45) is 2.24. The minimum Gasteiger partial charge on any atom is -0.366 e. The minimum atomic E-state index is -3.67. The van der Waals surface area contributed by atoms with Crippen LogP contribution in [0, 0.1) is 0 Å². The Labute approximate surface area is 134 Å². The van der Waals surface area contributed by atoms with Crippen LogP contribution in [0.4, 0.5) is 5.69 Å². The molecule has 9 heteroatoms. The number of rotatable bonds is 5. The lowest BCUT2D eigenvalue weighted by atomic mass is 10.0.